The van der Waals surface area contributed by atoms with Crippen LogP contribution in [0.2, 0.25) is 18.1 Å². The molecule has 0 aromatic heterocycles. The molecule has 0 N–H and O–H groups in total. The summed E-state index contributed by atoms with van der Waals surface area (Å²) in [7, 11) is -1.90. The Morgan fingerprint density at radius 1 is 1.07 bits per heavy atom. The lowest BCUT2D eigenvalue weighted by molar-refractivity contribution is -0.202. The van der Waals surface area contributed by atoms with E-state index in [4.69, 9.17) is 13.9 Å². The van der Waals surface area contributed by atoms with Gasteiger partial charge in [-0.15, -0.1) is 0 Å². The highest BCUT2D eigenvalue weighted by Crippen LogP contribution is 2.65. The molecule has 2 aliphatic heterocycles. The maximum Gasteiger partial charge on any atom is 0.316 e. The molecular weight excluding hydrogens is 516 g/mol. The Morgan fingerprint density at radius 2 is 1.75 bits per heavy atom. The number of rotatable bonds is 4. The average molecular weight is 563 g/mol. The Morgan fingerprint density at radius 3 is 2.38 bits per heavy atom. The Bertz CT molecular complexity index is 1300. The molecule has 1 aromatic rings. The topological polar surface area (TPSA) is 61.8 Å². The SMILES string of the molecule is CC[C@H]1[C@@H]2CC3=C(C)[C@@H](c4ccc(O[Si](C)(C)C(C)(C)C)cc4)C[C@H]3O[C@@H]2[C@@H]2OC(=O)[C@]3(C)C=CC(=O)[C@@]1(C)[C@@H]23. The molecule has 5 nitrogen and oxygen atoms in total. The van der Waals surface area contributed by atoms with E-state index in [0.29, 0.717) is 5.92 Å². The molecule has 1 aromatic carbocycles. The quantitative estimate of drug-likeness (QED) is 0.218. The zero-order valence-electron chi connectivity index (χ0n) is 25.7. The van der Waals surface area contributed by atoms with Crippen molar-refractivity contribution in [3.8, 4) is 5.75 Å². The van der Waals surface area contributed by atoms with E-state index in [0.717, 1.165) is 25.0 Å². The largest absolute Gasteiger partial charge is 0.544 e. The molecule has 0 amide bonds. The van der Waals surface area contributed by atoms with Crippen molar-refractivity contribution >= 4 is 20.1 Å². The van der Waals surface area contributed by atoms with Crippen molar-refractivity contribution in [2.45, 2.75) is 110 Å². The predicted molar refractivity (Wildman–Crippen MR) is 159 cm³/mol. The monoisotopic (exact) mass is 562 g/mol. The Kier molecular flexibility index (Phi) is 6.23. The highest BCUT2D eigenvalue weighted by Gasteiger charge is 2.72. The van der Waals surface area contributed by atoms with Crippen LogP contribution < -0.4 is 4.43 Å². The number of fused-ring (bicyclic) bond motifs is 3. The highest BCUT2D eigenvalue weighted by atomic mass is 28.4. The fourth-order valence-corrected chi connectivity index (χ4v) is 9.77. The fourth-order valence-electron chi connectivity index (χ4n) is 8.74. The van der Waals surface area contributed by atoms with Gasteiger partial charge in [0.05, 0.1) is 17.6 Å². The number of ketones is 1. The summed E-state index contributed by atoms with van der Waals surface area (Å²) in [4.78, 5) is 26.8. The van der Waals surface area contributed by atoms with Crippen LogP contribution in [0.1, 0.15) is 79.2 Å². The van der Waals surface area contributed by atoms with Gasteiger partial charge in [-0.1, -0.05) is 64.8 Å². The maximum atomic E-state index is 13.5. The molecule has 3 aliphatic carbocycles. The number of benzene rings is 1. The smallest absolute Gasteiger partial charge is 0.316 e. The molecule has 2 saturated heterocycles. The standard InChI is InChI=1S/C34H46O5Si/c1-10-25-24-17-23-19(2)22(20-11-13-21(14-12-20)39-40(8,9)32(3,4)5)18-26(23)37-28(24)29-30-33(6,31(36)38-29)16-15-27(35)34(25,30)7/h11-16,22,24-26,28-30H,10,17-18H2,1-9H3/t22-,24-,25-,26+,28-,29-,30-,33+,34-/m0/s1. The number of carbonyl (C=O) groups excluding carboxylic acids is 2. The van der Waals surface area contributed by atoms with Crippen molar-refractivity contribution in [1.82, 2.24) is 0 Å². The van der Waals surface area contributed by atoms with Crippen molar-refractivity contribution in [3.63, 3.8) is 0 Å². The van der Waals surface area contributed by atoms with E-state index in [2.05, 4.69) is 78.9 Å². The second-order valence-corrected chi connectivity index (χ2v) is 19.7. The molecule has 6 heteroatoms. The van der Waals surface area contributed by atoms with Gasteiger partial charge in [0.2, 0.25) is 8.32 Å². The van der Waals surface area contributed by atoms with Gasteiger partial charge in [0.25, 0.3) is 0 Å². The predicted octanol–water partition coefficient (Wildman–Crippen LogP) is 7.38. The van der Waals surface area contributed by atoms with Gasteiger partial charge in [0.15, 0.2) is 5.78 Å². The Balaban J connectivity index is 1.29. The number of ether oxygens (including phenoxy) is 2. The molecule has 9 atom stereocenters. The van der Waals surface area contributed by atoms with Crippen LogP contribution >= 0.6 is 0 Å². The van der Waals surface area contributed by atoms with Crippen molar-refractivity contribution in [2.75, 3.05) is 0 Å². The van der Waals surface area contributed by atoms with E-state index in [1.54, 1.807) is 12.2 Å². The van der Waals surface area contributed by atoms with E-state index in [1.165, 1.54) is 16.7 Å². The summed E-state index contributed by atoms with van der Waals surface area (Å²) in [6.45, 7) is 19.8. The lowest BCUT2D eigenvalue weighted by Gasteiger charge is -2.58. The minimum Gasteiger partial charge on any atom is -0.544 e. The minimum atomic E-state index is -1.90. The van der Waals surface area contributed by atoms with Crippen LogP contribution in [0, 0.1) is 28.6 Å². The third kappa shape index (κ3) is 3.74. The van der Waals surface area contributed by atoms with Gasteiger partial charge in [0, 0.05) is 17.3 Å². The van der Waals surface area contributed by atoms with Crippen LogP contribution in [0.15, 0.2) is 47.6 Å². The summed E-state index contributed by atoms with van der Waals surface area (Å²) < 4.78 is 19.6. The van der Waals surface area contributed by atoms with Gasteiger partial charge in [0.1, 0.15) is 11.9 Å². The van der Waals surface area contributed by atoms with Crippen LogP contribution in [0.3, 0.4) is 0 Å². The summed E-state index contributed by atoms with van der Waals surface area (Å²) in [6, 6.07) is 8.71. The maximum absolute atomic E-state index is 13.5. The third-order valence-corrected chi connectivity index (χ3v) is 16.4. The lowest BCUT2D eigenvalue weighted by Crippen LogP contribution is -2.64. The molecule has 5 aliphatic rings. The second kappa shape index (κ2) is 8.91. The molecule has 1 saturated carbocycles. The summed E-state index contributed by atoms with van der Waals surface area (Å²) in [5.41, 5.74) is 2.68. The van der Waals surface area contributed by atoms with Crippen LogP contribution in [-0.2, 0) is 19.1 Å². The number of allylic oxidation sites excluding steroid dienone is 2. The first kappa shape index (κ1) is 28.0. The van der Waals surface area contributed by atoms with Gasteiger partial charge >= 0.3 is 5.97 Å². The van der Waals surface area contributed by atoms with E-state index >= 15 is 0 Å². The molecule has 0 unspecified atom stereocenters. The Labute approximate surface area is 240 Å². The molecule has 216 valence electrons. The van der Waals surface area contributed by atoms with Crippen molar-refractivity contribution in [1.29, 1.82) is 0 Å². The van der Waals surface area contributed by atoms with Crippen LogP contribution in [0.25, 0.3) is 0 Å². The highest BCUT2D eigenvalue weighted by molar-refractivity contribution is 6.74. The lowest BCUT2D eigenvalue weighted by atomic mass is 9.45. The minimum absolute atomic E-state index is 0.0247. The van der Waals surface area contributed by atoms with Crippen LogP contribution in [-0.4, -0.2) is 38.4 Å². The zero-order valence-corrected chi connectivity index (χ0v) is 26.7. The molecule has 40 heavy (non-hydrogen) atoms. The first-order chi connectivity index (χ1) is 18.6. The van der Waals surface area contributed by atoms with E-state index in [1.807, 2.05) is 6.92 Å². The number of esters is 1. The summed E-state index contributed by atoms with van der Waals surface area (Å²) in [5.74, 6) is 1.27. The Hall–Kier alpha value is -2.18. The normalized spacial score (nSPS) is 40.5. The molecule has 3 fully saturated rings. The molecule has 0 bridgehead atoms. The van der Waals surface area contributed by atoms with Gasteiger partial charge in [-0.2, -0.15) is 0 Å². The molecular formula is C34H46O5Si. The summed E-state index contributed by atoms with van der Waals surface area (Å²) in [5, 5.41) is 0.151. The average Bonchev–Trinajstić information content (AvgIpc) is 3.35. The number of hydrogen-bond acceptors (Lipinski definition) is 5. The zero-order chi connectivity index (χ0) is 29.0. The first-order valence-corrected chi connectivity index (χ1v) is 18.1. The molecule has 2 heterocycles. The number of carbonyl (C=O) groups is 2. The second-order valence-electron chi connectivity index (χ2n) is 15.0. The molecule has 0 radical (unpaired) electrons. The molecule has 0 spiro atoms. The fraction of sp³-hybridized carbons (Fsp3) is 0.647. The number of hydrogen-bond donors (Lipinski definition) is 0. The van der Waals surface area contributed by atoms with Crippen molar-refractivity contribution in [2.24, 2.45) is 28.6 Å². The molecule has 6 rings (SSSR count). The van der Waals surface area contributed by atoms with Gasteiger partial charge in [-0.3, -0.25) is 9.59 Å². The van der Waals surface area contributed by atoms with Crippen molar-refractivity contribution in [3.05, 3.63) is 53.1 Å². The van der Waals surface area contributed by atoms with Crippen LogP contribution in [0.4, 0.5) is 0 Å². The van der Waals surface area contributed by atoms with E-state index < -0.39 is 19.1 Å². The summed E-state index contributed by atoms with van der Waals surface area (Å²) >= 11 is 0. The van der Waals surface area contributed by atoms with Gasteiger partial charge < -0.3 is 13.9 Å². The summed E-state index contributed by atoms with van der Waals surface area (Å²) in [6.07, 6.45) is 5.63. The first-order valence-electron chi connectivity index (χ1n) is 15.2. The van der Waals surface area contributed by atoms with Gasteiger partial charge in [-0.25, -0.2) is 0 Å². The van der Waals surface area contributed by atoms with Crippen molar-refractivity contribution < 1.29 is 23.5 Å². The van der Waals surface area contributed by atoms with Crippen LogP contribution in [0.5, 0.6) is 5.75 Å². The van der Waals surface area contributed by atoms with E-state index in [9.17, 15) is 9.59 Å². The van der Waals surface area contributed by atoms with E-state index in [-0.39, 0.29) is 52.9 Å². The third-order valence-electron chi connectivity index (χ3n) is 12.0. The van der Waals surface area contributed by atoms with Gasteiger partial charge in [-0.05, 0) is 86.0 Å².